The third-order valence-corrected chi connectivity index (χ3v) is 19.8. The third-order valence-electron chi connectivity index (χ3n) is 17.9. The van der Waals surface area contributed by atoms with Gasteiger partial charge in [-0.3, -0.25) is 37.3 Å². The fourth-order valence-corrected chi connectivity index (χ4v) is 13.1. The Kier molecular flexibility index (Phi) is 64.0. The zero-order valence-electron chi connectivity index (χ0n) is 62.3. The molecule has 0 aromatic carbocycles. The molecule has 0 aromatic rings. The summed E-state index contributed by atoms with van der Waals surface area (Å²) in [6.07, 6.45) is 50.2. The quantitative estimate of drug-likeness (QED) is 0.0222. The summed E-state index contributed by atoms with van der Waals surface area (Å²) >= 11 is 0. The Bertz CT molecular complexity index is 1870. The van der Waals surface area contributed by atoms with Gasteiger partial charge in [-0.15, -0.1) is 0 Å². The van der Waals surface area contributed by atoms with Crippen molar-refractivity contribution in [2.45, 2.75) is 401 Å². The van der Waals surface area contributed by atoms with Crippen LogP contribution >= 0.6 is 15.6 Å². The molecule has 19 heteroatoms. The van der Waals surface area contributed by atoms with Crippen molar-refractivity contribution in [2.75, 3.05) is 39.6 Å². The second-order valence-corrected chi connectivity index (χ2v) is 32.0. The number of hydrogen-bond acceptors (Lipinski definition) is 15. The zero-order valence-corrected chi connectivity index (χ0v) is 64.1. The van der Waals surface area contributed by atoms with Crippen LogP contribution in [0.5, 0.6) is 0 Å². The molecule has 0 aliphatic rings. The predicted molar refractivity (Wildman–Crippen MR) is 386 cm³/mol. The van der Waals surface area contributed by atoms with E-state index in [0.717, 1.165) is 114 Å². The zero-order chi connectivity index (χ0) is 70.3. The minimum atomic E-state index is -4.96. The number of aliphatic hydroxyl groups excluding tert-OH is 1. The Balaban J connectivity index is 5.22. The normalized spacial score (nSPS) is 14.4. The van der Waals surface area contributed by atoms with Crippen LogP contribution in [0.3, 0.4) is 0 Å². The number of carbonyl (C=O) groups excluding carboxylic acids is 4. The first-order chi connectivity index (χ1) is 45.6. The standard InChI is InChI=1S/C76H148O17P2/c1-9-69(8)55-47-39-34-35-43-51-59-76(81)93-72(63-87-74(79)57-49-41-33-27-30-38-46-54-68(6)7)65-91-95(84,85)89-61-70(77)60-88-94(82,83)90-64-71(92-75(80)58-50-42-32-26-22-18-14-16-20-24-29-37-45-53-67(4)5)62-86-73(78)56-48-40-31-25-21-17-13-11-10-12-15-19-23-28-36-44-52-66(2)3/h66-72,77H,9-65H2,1-8H3,(H,82,83)(H,84,85)/t69?,70?,71-,72-/m1/s1. The lowest BCUT2D eigenvalue weighted by Gasteiger charge is -2.21. The molecular weight excluding hydrogens is 1250 g/mol. The molecule has 95 heavy (non-hydrogen) atoms. The minimum Gasteiger partial charge on any atom is -0.462 e. The van der Waals surface area contributed by atoms with Crippen LogP contribution in [0, 0.1) is 23.7 Å². The van der Waals surface area contributed by atoms with E-state index in [1.807, 2.05) is 0 Å². The maximum absolute atomic E-state index is 13.1. The van der Waals surface area contributed by atoms with Crippen LogP contribution in [0.2, 0.25) is 0 Å². The number of aliphatic hydroxyl groups is 1. The van der Waals surface area contributed by atoms with E-state index in [2.05, 4.69) is 55.4 Å². The first-order valence-electron chi connectivity index (χ1n) is 39.2. The van der Waals surface area contributed by atoms with Gasteiger partial charge in [0.05, 0.1) is 26.4 Å². The molecule has 4 unspecified atom stereocenters. The minimum absolute atomic E-state index is 0.102. The second kappa shape index (κ2) is 65.4. The molecule has 0 aliphatic carbocycles. The lowest BCUT2D eigenvalue weighted by Crippen LogP contribution is -2.30. The molecule has 0 saturated heterocycles. The van der Waals surface area contributed by atoms with Crippen LogP contribution in [-0.2, 0) is 65.4 Å². The van der Waals surface area contributed by atoms with Gasteiger partial charge in [-0.1, -0.05) is 331 Å². The number of rotatable bonds is 73. The van der Waals surface area contributed by atoms with Gasteiger partial charge in [-0.25, -0.2) is 9.13 Å². The van der Waals surface area contributed by atoms with Crippen molar-refractivity contribution in [3.05, 3.63) is 0 Å². The van der Waals surface area contributed by atoms with E-state index >= 15 is 0 Å². The van der Waals surface area contributed by atoms with Crippen molar-refractivity contribution in [2.24, 2.45) is 23.7 Å². The molecule has 0 radical (unpaired) electrons. The topological polar surface area (TPSA) is 237 Å². The number of phosphoric ester groups is 2. The molecule has 0 fully saturated rings. The molecular formula is C76H148O17P2. The maximum atomic E-state index is 13.1. The highest BCUT2D eigenvalue weighted by atomic mass is 31.2. The van der Waals surface area contributed by atoms with Crippen molar-refractivity contribution < 1.29 is 80.2 Å². The van der Waals surface area contributed by atoms with Gasteiger partial charge in [-0.2, -0.15) is 0 Å². The predicted octanol–water partition coefficient (Wildman–Crippen LogP) is 22.0. The first kappa shape index (κ1) is 93.1. The van der Waals surface area contributed by atoms with Crippen molar-refractivity contribution in [3.8, 4) is 0 Å². The van der Waals surface area contributed by atoms with E-state index in [9.17, 15) is 43.2 Å². The van der Waals surface area contributed by atoms with E-state index in [4.69, 9.17) is 37.0 Å². The summed E-state index contributed by atoms with van der Waals surface area (Å²) in [6.45, 7) is 14.1. The SMILES string of the molecule is CCC(C)CCCCCCCCC(=O)O[C@H](COC(=O)CCCCCCCCCC(C)C)COP(=O)(O)OCC(O)COP(=O)(O)OC[C@@H](COC(=O)CCCCCCCCCCCCCCCCCCC(C)C)OC(=O)CCCCCCCCCCCCCCCC(C)C. The first-order valence-corrected chi connectivity index (χ1v) is 42.2. The van der Waals surface area contributed by atoms with Crippen LogP contribution in [0.4, 0.5) is 0 Å². The van der Waals surface area contributed by atoms with Crippen molar-refractivity contribution >= 4 is 39.5 Å². The number of hydrogen-bond donors (Lipinski definition) is 3. The van der Waals surface area contributed by atoms with Crippen molar-refractivity contribution in [1.82, 2.24) is 0 Å². The summed E-state index contributed by atoms with van der Waals surface area (Å²) in [7, 11) is -9.91. The van der Waals surface area contributed by atoms with Crippen LogP contribution in [0.1, 0.15) is 383 Å². The van der Waals surface area contributed by atoms with Crippen molar-refractivity contribution in [1.29, 1.82) is 0 Å². The smallest absolute Gasteiger partial charge is 0.462 e. The lowest BCUT2D eigenvalue weighted by molar-refractivity contribution is -0.161. The second-order valence-electron chi connectivity index (χ2n) is 29.1. The highest BCUT2D eigenvalue weighted by Gasteiger charge is 2.30. The van der Waals surface area contributed by atoms with E-state index in [1.54, 1.807) is 0 Å². The summed E-state index contributed by atoms with van der Waals surface area (Å²) in [5.41, 5.74) is 0. The lowest BCUT2D eigenvalue weighted by atomic mass is 10.00. The molecule has 0 bridgehead atoms. The number of esters is 4. The Morgan fingerprint density at radius 3 is 0.747 bits per heavy atom. The average molecular weight is 1400 g/mol. The van der Waals surface area contributed by atoms with Gasteiger partial charge in [0.2, 0.25) is 0 Å². The number of unbranched alkanes of at least 4 members (excludes halogenated alkanes) is 38. The summed E-state index contributed by atoms with van der Waals surface area (Å²) in [5.74, 6) is 0.900. The Hall–Kier alpha value is -1.94. The number of phosphoric acid groups is 2. The van der Waals surface area contributed by atoms with E-state index < -0.39 is 97.5 Å². The molecule has 0 spiro atoms. The molecule has 0 amide bonds. The molecule has 17 nitrogen and oxygen atoms in total. The van der Waals surface area contributed by atoms with Crippen LogP contribution in [-0.4, -0.2) is 96.7 Å². The largest absolute Gasteiger partial charge is 0.472 e. The van der Waals surface area contributed by atoms with E-state index in [-0.39, 0.29) is 25.7 Å². The highest BCUT2D eigenvalue weighted by molar-refractivity contribution is 7.47. The van der Waals surface area contributed by atoms with Gasteiger partial charge >= 0.3 is 39.5 Å². The molecule has 0 heterocycles. The van der Waals surface area contributed by atoms with E-state index in [0.29, 0.717) is 31.6 Å². The molecule has 0 saturated carbocycles. The maximum Gasteiger partial charge on any atom is 0.472 e. The monoisotopic (exact) mass is 1400 g/mol. The average Bonchev–Trinajstić information content (AvgIpc) is 1.41. The van der Waals surface area contributed by atoms with E-state index in [1.165, 1.54) is 180 Å². The van der Waals surface area contributed by atoms with Gasteiger partial charge in [0.15, 0.2) is 12.2 Å². The fourth-order valence-electron chi connectivity index (χ4n) is 11.5. The summed E-state index contributed by atoms with van der Waals surface area (Å²) < 4.78 is 68.5. The van der Waals surface area contributed by atoms with Crippen LogP contribution < -0.4 is 0 Å². The van der Waals surface area contributed by atoms with Gasteiger partial charge < -0.3 is 33.8 Å². The van der Waals surface area contributed by atoms with Gasteiger partial charge in [0.1, 0.15) is 19.3 Å². The summed E-state index contributed by atoms with van der Waals surface area (Å²) in [4.78, 5) is 72.7. The molecule has 0 aliphatic heterocycles. The Morgan fingerprint density at radius 2 is 0.505 bits per heavy atom. The van der Waals surface area contributed by atoms with Crippen LogP contribution in [0.15, 0.2) is 0 Å². The molecule has 0 rings (SSSR count). The molecule has 3 N–H and O–H groups in total. The third kappa shape index (κ3) is 69.0. The van der Waals surface area contributed by atoms with Crippen molar-refractivity contribution in [3.63, 3.8) is 0 Å². The van der Waals surface area contributed by atoms with Gasteiger partial charge in [0.25, 0.3) is 0 Å². The highest BCUT2D eigenvalue weighted by Crippen LogP contribution is 2.45. The fraction of sp³-hybridized carbons (Fsp3) is 0.947. The molecule has 0 aromatic heterocycles. The Labute approximate surface area is 581 Å². The summed E-state index contributed by atoms with van der Waals surface area (Å²) in [6, 6.07) is 0. The molecule has 6 atom stereocenters. The van der Waals surface area contributed by atoms with Gasteiger partial charge in [0, 0.05) is 25.7 Å². The van der Waals surface area contributed by atoms with Crippen LogP contribution in [0.25, 0.3) is 0 Å². The number of ether oxygens (including phenoxy) is 4. The summed E-state index contributed by atoms with van der Waals surface area (Å²) in [5, 5.41) is 10.6. The van der Waals surface area contributed by atoms with Gasteiger partial charge in [-0.05, 0) is 49.4 Å². The molecule has 564 valence electrons. The number of carbonyl (C=O) groups is 4. The Morgan fingerprint density at radius 1 is 0.295 bits per heavy atom.